The summed E-state index contributed by atoms with van der Waals surface area (Å²) in [4.78, 5) is 0. The molecule has 39 valence electrons. The summed E-state index contributed by atoms with van der Waals surface area (Å²) in [5, 5.41) is 21.6. The molecule has 5 heteroatoms. The first-order chi connectivity index (χ1) is 3.33. The molecule has 0 aromatic carbocycles. The van der Waals surface area contributed by atoms with Gasteiger partial charge in [0, 0.05) is 0 Å². The van der Waals surface area contributed by atoms with Crippen molar-refractivity contribution in [2.45, 2.75) is 7.43 Å². The van der Waals surface area contributed by atoms with Crippen LogP contribution in [0.4, 0.5) is 0 Å². The summed E-state index contributed by atoms with van der Waals surface area (Å²) < 4.78 is 0. The molecule has 0 aliphatic carbocycles. The van der Waals surface area contributed by atoms with Crippen molar-refractivity contribution in [2.75, 3.05) is 0 Å². The molecule has 0 aromatic heterocycles. The second kappa shape index (κ2) is 41.8. The first kappa shape index (κ1) is 22.9. The Morgan fingerprint density at radius 3 is 1.11 bits per heavy atom. The van der Waals surface area contributed by atoms with Crippen molar-refractivity contribution in [3.8, 4) is 18.1 Å². The standard InChI is InChI=1S/C2N2.CBN.CH4.K/c3-1-2-4;2-1-3;;/h;;1H4;/q;-1;;+1. The summed E-state index contributed by atoms with van der Waals surface area (Å²) in [5.74, 6) is 1.25. The Labute approximate surface area is 99.1 Å². The summed E-state index contributed by atoms with van der Waals surface area (Å²) >= 11 is 0. The predicted octanol–water partition coefficient (Wildman–Crippen LogP) is -2.69. The second-order valence-corrected chi connectivity index (χ2v) is 0.353. The van der Waals surface area contributed by atoms with Crippen molar-refractivity contribution in [2.24, 2.45) is 0 Å². The van der Waals surface area contributed by atoms with Crippen LogP contribution >= 0.6 is 0 Å². The number of hydrogen-bond acceptors (Lipinski definition) is 3. The Balaban J connectivity index is -0.0000000233. The number of hydrogen-bond donors (Lipinski definition) is 0. The van der Waals surface area contributed by atoms with Gasteiger partial charge in [-0.15, -0.1) is 0 Å². The molecule has 0 aliphatic rings. The zero-order valence-electron chi connectivity index (χ0n) is 4.42. The van der Waals surface area contributed by atoms with Crippen molar-refractivity contribution in [1.82, 2.24) is 0 Å². The number of nitriles is 3. The first-order valence-electron chi connectivity index (χ1n) is 1.21. The zero-order chi connectivity index (χ0) is 6.12. The summed E-state index contributed by atoms with van der Waals surface area (Å²) in [6, 6.07) is 2.47. The Hall–Kier alpha value is 0.171. The molecule has 0 saturated heterocycles. The fraction of sp³-hybridized carbons (Fsp3) is 0.250. The van der Waals surface area contributed by atoms with Crippen LogP contribution in [0.5, 0.6) is 0 Å². The smallest absolute Gasteiger partial charge is 0.466 e. The van der Waals surface area contributed by atoms with E-state index in [0.29, 0.717) is 0 Å². The van der Waals surface area contributed by atoms with E-state index in [0.717, 1.165) is 0 Å². The minimum atomic E-state index is 0. The topological polar surface area (TPSA) is 71.4 Å². The van der Waals surface area contributed by atoms with Crippen LogP contribution in [0.15, 0.2) is 0 Å². The maximum Gasteiger partial charge on any atom is 1.00 e. The molecular weight excluding hydrogens is 140 g/mol. The van der Waals surface area contributed by atoms with E-state index < -0.39 is 0 Å². The van der Waals surface area contributed by atoms with Gasteiger partial charge < -0.3 is 7.85 Å². The summed E-state index contributed by atoms with van der Waals surface area (Å²) in [7, 11) is 4.15. The second-order valence-electron chi connectivity index (χ2n) is 0.353. The normalized spacial score (nSPS) is 2.00. The van der Waals surface area contributed by atoms with Gasteiger partial charge in [0.05, 0.1) is 0 Å². The van der Waals surface area contributed by atoms with Crippen LogP contribution in [-0.4, -0.2) is 7.85 Å². The Bertz CT molecular complexity index is 125. The number of rotatable bonds is 0. The predicted molar refractivity (Wildman–Crippen MR) is 29.3 cm³/mol. The molecule has 0 atom stereocenters. The van der Waals surface area contributed by atoms with E-state index in [1.807, 2.05) is 0 Å². The molecule has 0 spiro atoms. The van der Waals surface area contributed by atoms with Crippen LogP contribution in [0.1, 0.15) is 7.43 Å². The van der Waals surface area contributed by atoms with Crippen LogP contribution in [0.3, 0.4) is 0 Å². The number of nitrogens with zero attached hydrogens (tertiary/aromatic N) is 3. The summed E-state index contributed by atoms with van der Waals surface area (Å²) in [6.07, 6.45) is 0. The molecule has 0 rings (SSSR count). The Morgan fingerprint density at radius 1 is 1.00 bits per heavy atom. The van der Waals surface area contributed by atoms with E-state index in [9.17, 15) is 0 Å². The maximum absolute atomic E-state index is 7.26. The average Bonchev–Trinajstić information content (AvgIpc) is 1.69. The van der Waals surface area contributed by atoms with Crippen LogP contribution in [0.25, 0.3) is 0 Å². The van der Waals surface area contributed by atoms with E-state index in [1.165, 1.54) is 18.1 Å². The third-order valence-electron chi connectivity index (χ3n) is 0.0500. The zero-order valence-corrected chi connectivity index (χ0v) is 7.54. The Kier molecular flexibility index (Phi) is 106. The molecule has 0 saturated carbocycles. The van der Waals surface area contributed by atoms with Gasteiger partial charge in [0.1, 0.15) is 0 Å². The third-order valence-corrected chi connectivity index (χ3v) is 0.0500. The van der Waals surface area contributed by atoms with Gasteiger partial charge in [-0.25, -0.2) is 0 Å². The monoisotopic (exact) mass is 144 g/mol. The fourth-order valence-electron chi connectivity index (χ4n) is 0. The van der Waals surface area contributed by atoms with Gasteiger partial charge in [-0.05, 0) is 0 Å². The molecule has 0 unspecified atom stereocenters. The molecule has 0 heterocycles. The van der Waals surface area contributed by atoms with Crippen LogP contribution in [0.2, 0.25) is 0 Å². The van der Waals surface area contributed by atoms with Crippen LogP contribution < -0.4 is 51.4 Å². The maximum atomic E-state index is 7.26. The van der Waals surface area contributed by atoms with Gasteiger partial charge in [-0.2, -0.15) is 10.5 Å². The van der Waals surface area contributed by atoms with Gasteiger partial charge in [0.2, 0.25) is 0 Å². The summed E-state index contributed by atoms with van der Waals surface area (Å²) in [5.41, 5.74) is 0. The van der Waals surface area contributed by atoms with Gasteiger partial charge in [-0.3, -0.25) is 11.2 Å². The van der Waals surface area contributed by atoms with Gasteiger partial charge >= 0.3 is 51.4 Å². The molecule has 0 fully saturated rings. The molecule has 9 heavy (non-hydrogen) atoms. The largest absolute Gasteiger partial charge is 1.00 e. The first-order valence-corrected chi connectivity index (χ1v) is 1.21. The van der Waals surface area contributed by atoms with Crippen LogP contribution in [0, 0.1) is 33.9 Å². The van der Waals surface area contributed by atoms with E-state index in [4.69, 9.17) is 15.8 Å². The van der Waals surface area contributed by atoms with Gasteiger partial charge in [-0.1, -0.05) is 7.43 Å². The van der Waals surface area contributed by atoms with E-state index in [1.54, 1.807) is 0 Å². The Morgan fingerprint density at radius 2 is 1.11 bits per heavy atom. The summed E-state index contributed by atoms with van der Waals surface area (Å²) in [6.45, 7) is 0. The third kappa shape index (κ3) is 227. The van der Waals surface area contributed by atoms with E-state index in [2.05, 4.69) is 7.85 Å². The van der Waals surface area contributed by atoms with Gasteiger partial charge in [0.25, 0.3) is 0 Å². The fourth-order valence-corrected chi connectivity index (χ4v) is 0. The van der Waals surface area contributed by atoms with Crippen molar-refractivity contribution in [3.63, 3.8) is 0 Å². The average molecular weight is 144 g/mol. The minimum Gasteiger partial charge on any atom is -0.466 e. The molecule has 0 bridgehead atoms. The van der Waals surface area contributed by atoms with Crippen molar-refractivity contribution < 1.29 is 51.4 Å². The van der Waals surface area contributed by atoms with Gasteiger partial charge in [0.15, 0.2) is 12.1 Å². The molecule has 3 radical (unpaired) electrons. The molecule has 0 amide bonds. The van der Waals surface area contributed by atoms with Crippen LogP contribution in [-0.2, 0) is 0 Å². The quantitative estimate of drug-likeness (QED) is 0.347. The SMILES string of the molecule is C.N#CC#N.[B-]C#N.[K+]. The molecule has 0 aliphatic heterocycles. The molecular formula is C4H4BKN3. The van der Waals surface area contributed by atoms with E-state index in [-0.39, 0.29) is 58.8 Å². The molecule has 3 nitrogen and oxygen atoms in total. The molecule has 0 aromatic rings. The van der Waals surface area contributed by atoms with E-state index >= 15 is 0 Å². The minimum absolute atomic E-state index is 0. The van der Waals surface area contributed by atoms with Crippen molar-refractivity contribution in [1.29, 1.82) is 15.8 Å². The van der Waals surface area contributed by atoms with Crippen molar-refractivity contribution in [3.05, 3.63) is 0 Å². The molecule has 0 N–H and O–H groups in total. The van der Waals surface area contributed by atoms with Crippen molar-refractivity contribution >= 4 is 7.85 Å².